The van der Waals surface area contributed by atoms with Crippen LogP contribution in [0.15, 0.2) is 12.3 Å². The summed E-state index contributed by atoms with van der Waals surface area (Å²) in [6.07, 6.45) is 6.81. The summed E-state index contributed by atoms with van der Waals surface area (Å²) in [6, 6.07) is 2.75. The van der Waals surface area contributed by atoms with Crippen molar-refractivity contribution in [2.75, 3.05) is 6.54 Å². The molecule has 2 heterocycles. The standard InChI is InChI=1S/C13H21N3/c1-10(2)13-15-9-7-12(16-13)6-5-11-4-3-8-14-11/h7,9-11,14H,3-6,8H2,1-2H3. The van der Waals surface area contributed by atoms with Gasteiger partial charge in [-0.1, -0.05) is 13.8 Å². The lowest BCUT2D eigenvalue weighted by atomic mass is 10.1. The lowest BCUT2D eigenvalue weighted by molar-refractivity contribution is 0.553. The highest BCUT2D eigenvalue weighted by Gasteiger charge is 2.14. The first-order chi connectivity index (χ1) is 7.75. The summed E-state index contributed by atoms with van der Waals surface area (Å²) in [7, 11) is 0. The molecule has 1 aliphatic heterocycles. The van der Waals surface area contributed by atoms with Crippen LogP contribution in [0, 0.1) is 0 Å². The van der Waals surface area contributed by atoms with Gasteiger partial charge in [-0.25, -0.2) is 9.97 Å². The third-order valence-corrected chi connectivity index (χ3v) is 3.16. The van der Waals surface area contributed by atoms with E-state index < -0.39 is 0 Å². The van der Waals surface area contributed by atoms with Crippen molar-refractivity contribution in [3.8, 4) is 0 Å². The maximum atomic E-state index is 4.59. The molecule has 2 rings (SSSR count). The average Bonchev–Trinajstić information content (AvgIpc) is 2.79. The van der Waals surface area contributed by atoms with Gasteiger partial charge in [0.15, 0.2) is 0 Å². The van der Waals surface area contributed by atoms with Crippen LogP contribution in [0.3, 0.4) is 0 Å². The molecule has 1 fully saturated rings. The summed E-state index contributed by atoms with van der Waals surface area (Å²) in [4.78, 5) is 8.89. The maximum absolute atomic E-state index is 4.59. The van der Waals surface area contributed by atoms with Crippen LogP contribution in [-0.4, -0.2) is 22.6 Å². The van der Waals surface area contributed by atoms with Gasteiger partial charge in [0, 0.05) is 23.9 Å². The fourth-order valence-electron chi connectivity index (χ4n) is 2.16. The lowest BCUT2D eigenvalue weighted by Gasteiger charge is -2.10. The van der Waals surface area contributed by atoms with Crippen LogP contribution in [-0.2, 0) is 6.42 Å². The average molecular weight is 219 g/mol. The number of rotatable bonds is 4. The molecular weight excluding hydrogens is 198 g/mol. The molecule has 16 heavy (non-hydrogen) atoms. The first-order valence-electron chi connectivity index (χ1n) is 6.31. The number of hydrogen-bond donors (Lipinski definition) is 1. The van der Waals surface area contributed by atoms with E-state index in [2.05, 4.69) is 29.1 Å². The Kier molecular flexibility index (Phi) is 3.88. The largest absolute Gasteiger partial charge is 0.314 e. The third-order valence-electron chi connectivity index (χ3n) is 3.16. The van der Waals surface area contributed by atoms with Gasteiger partial charge in [-0.3, -0.25) is 0 Å². The van der Waals surface area contributed by atoms with Gasteiger partial charge in [-0.05, 0) is 38.3 Å². The van der Waals surface area contributed by atoms with Crippen molar-refractivity contribution in [1.29, 1.82) is 0 Å². The molecule has 1 atom stereocenters. The number of hydrogen-bond acceptors (Lipinski definition) is 3. The van der Waals surface area contributed by atoms with E-state index in [4.69, 9.17) is 0 Å². The van der Waals surface area contributed by atoms with E-state index in [1.54, 1.807) is 0 Å². The fraction of sp³-hybridized carbons (Fsp3) is 0.692. The van der Waals surface area contributed by atoms with Crippen molar-refractivity contribution in [1.82, 2.24) is 15.3 Å². The second kappa shape index (κ2) is 5.39. The van der Waals surface area contributed by atoms with E-state index in [1.165, 1.54) is 31.5 Å². The lowest BCUT2D eigenvalue weighted by Crippen LogP contribution is -2.21. The molecule has 3 heteroatoms. The Morgan fingerprint density at radius 3 is 3.06 bits per heavy atom. The van der Waals surface area contributed by atoms with Gasteiger partial charge in [0.05, 0.1) is 0 Å². The van der Waals surface area contributed by atoms with Gasteiger partial charge < -0.3 is 5.32 Å². The quantitative estimate of drug-likeness (QED) is 0.844. The number of aryl methyl sites for hydroxylation is 1. The van der Waals surface area contributed by atoms with Crippen LogP contribution in [0.4, 0.5) is 0 Å². The molecule has 88 valence electrons. The number of aromatic nitrogens is 2. The molecule has 0 radical (unpaired) electrons. The van der Waals surface area contributed by atoms with E-state index >= 15 is 0 Å². The predicted molar refractivity (Wildman–Crippen MR) is 65.5 cm³/mol. The van der Waals surface area contributed by atoms with E-state index in [-0.39, 0.29) is 0 Å². The van der Waals surface area contributed by atoms with Crippen molar-refractivity contribution in [3.63, 3.8) is 0 Å². The molecule has 0 spiro atoms. The minimum Gasteiger partial charge on any atom is -0.314 e. The highest BCUT2D eigenvalue weighted by atomic mass is 14.9. The Morgan fingerprint density at radius 1 is 1.50 bits per heavy atom. The zero-order valence-corrected chi connectivity index (χ0v) is 10.2. The van der Waals surface area contributed by atoms with Gasteiger partial charge in [0.1, 0.15) is 5.82 Å². The molecule has 0 aliphatic carbocycles. The van der Waals surface area contributed by atoms with Crippen LogP contribution >= 0.6 is 0 Å². The van der Waals surface area contributed by atoms with Crippen LogP contribution in [0.25, 0.3) is 0 Å². The van der Waals surface area contributed by atoms with Crippen LogP contribution in [0.1, 0.15) is 50.5 Å². The monoisotopic (exact) mass is 219 g/mol. The van der Waals surface area contributed by atoms with Crippen LogP contribution in [0.5, 0.6) is 0 Å². The second-order valence-electron chi connectivity index (χ2n) is 4.89. The topological polar surface area (TPSA) is 37.8 Å². The Hall–Kier alpha value is -0.960. The van der Waals surface area contributed by atoms with Crippen molar-refractivity contribution in [3.05, 3.63) is 23.8 Å². The Morgan fingerprint density at radius 2 is 2.38 bits per heavy atom. The predicted octanol–water partition coefficient (Wildman–Crippen LogP) is 2.28. The molecule has 0 saturated carbocycles. The van der Waals surface area contributed by atoms with Crippen molar-refractivity contribution in [2.24, 2.45) is 0 Å². The zero-order valence-electron chi connectivity index (χ0n) is 10.2. The minimum atomic E-state index is 0.421. The summed E-state index contributed by atoms with van der Waals surface area (Å²) >= 11 is 0. The minimum absolute atomic E-state index is 0.421. The number of nitrogens with zero attached hydrogens (tertiary/aromatic N) is 2. The van der Waals surface area contributed by atoms with Gasteiger partial charge in [-0.2, -0.15) is 0 Å². The smallest absolute Gasteiger partial charge is 0.131 e. The van der Waals surface area contributed by atoms with Gasteiger partial charge >= 0.3 is 0 Å². The molecule has 3 nitrogen and oxygen atoms in total. The van der Waals surface area contributed by atoms with Crippen molar-refractivity contribution < 1.29 is 0 Å². The first kappa shape index (κ1) is 11.5. The number of nitrogens with one attached hydrogen (secondary N) is 1. The van der Waals surface area contributed by atoms with E-state index in [0.717, 1.165) is 12.2 Å². The molecule has 1 aliphatic rings. The van der Waals surface area contributed by atoms with Gasteiger partial charge in [-0.15, -0.1) is 0 Å². The van der Waals surface area contributed by atoms with Crippen molar-refractivity contribution >= 4 is 0 Å². The summed E-state index contributed by atoms with van der Waals surface area (Å²) in [5.74, 6) is 1.39. The van der Waals surface area contributed by atoms with Crippen molar-refractivity contribution in [2.45, 2.75) is 51.5 Å². The van der Waals surface area contributed by atoms with E-state index in [0.29, 0.717) is 12.0 Å². The highest BCUT2D eigenvalue weighted by molar-refractivity contribution is 5.05. The molecule has 0 amide bonds. The fourth-order valence-corrected chi connectivity index (χ4v) is 2.16. The zero-order chi connectivity index (χ0) is 11.4. The second-order valence-corrected chi connectivity index (χ2v) is 4.89. The summed E-state index contributed by atoms with van der Waals surface area (Å²) < 4.78 is 0. The Bertz CT molecular complexity index is 330. The molecule has 0 bridgehead atoms. The van der Waals surface area contributed by atoms with Crippen LogP contribution in [0.2, 0.25) is 0 Å². The van der Waals surface area contributed by atoms with E-state index in [1.807, 2.05) is 12.3 Å². The molecular formula is C13H21N3. The Balaban J connectivity index is 1.90. The normalized spacial score (nSPS) is 20.6. The summed E-state index contributed by atoms with van der Waals surface area (Å²) in [6.45, 7) is 5.46. The van der Waals surface area contributed by atoms with E-state index in [9.17, 15) is 0 Å². The summed E-state index contributed by atoms with van der Waals surface area (Å²) in [5, 5.41) is 3.52. The SMILES string of the molecule is CC(C)c1nccc(CCC2CCCN2)n1. The summed E-state index contributed by atoms with van der Waals surface area (Å²) in [5.41, 5.74) is 1.19. The highest BCUT2D eigenvalue weighted by Crippen LogP contribution is 2.13. The first-order valence-corrected chi connectivity index (χ1v) is 6.31. The molecule has 1 N–H and O–H groups in total. The molecule has 1 unspecified atom stereocenters. The molecule has 0 aromatic carbocycles. The Labute approximate surface area is 97.7 Å². The van der Waals surface area contributed by atoms with Crippen LogP contribution < -0.4 is 5.32 Å². The van der Waals surface area contributed by atoms with Gasteiger partial charge in [0.2, 0.25) is 0 Å². The third kappa shape index (κ3) is 3.01. The molecule has 1 aromatic heterocycles. The molecule has 1 saturated heterocycles. The molecule has 1 aromatic rings. The maximum Gasteiger partial charge on any atom is 0.131 e. The van der Waals surface area contributed by atoms with Gasteiger partial charge in [0.25, 0.3) is 0 Å².